The third-order valence-corrected chi connectivity index (χ3v) is 6.45. The Kier molecular flexibility index (Phi) is 8.61. The number of fused-ring (bicyclic) bond motifs is 3. The molecule has 198 valence electrons. The van der Waals surface area contributed by atoms with Crippen LogP contribution in [0.3, 0.4) is 0 Å². The number of aryl methyl sites for hydroxylation is 1. The predicted molar refractivity (Wildman–Crippen MR) is 147 cm³/mol. The Morgan fingerprint density at radius 3 is 2.66 bits per heavy atom. The normalized spacial score (nSPS) is 16.8. The minimum Gasteiger partial charge on any atom is -0.483 e. The highest BCUT2D eigenvalue weighted by Crippen LogP contribution is 2.33. The van der Waals surface area contributed by atoms with Gasteiger partial charge in [0.25, 0.3) is 12.0 Å². The van der Waals surface area contributed by atoms with Crippen LogP contribution in [0.5, 0.6) is 0 Å². The van der Waals surface area contributed by atoms with E-state index in [4.69, 9.17) is 25.5 Å². The number of rotatable bonds is 2. The number of morpholine rings is 1. The highest BCUT2D eigenvalue weighted by molar-refractivity contribution is 6.05. The number of nitrogens with zero attached hydrogens (tertiary/aromatic N) is 4. The van der Waals surface area contributed by atoms with Gasteiger partial charge in [0.1, 0.15) is 22.6 Å². The Labute approximate surface area is 220 Å². The van der Waals surface area contributed by atoms with Gasteiger partial charge in [0.15, 0.2) is 11.4 Å². The molecule has 0 amide bonds. The van der Waals surface area contributed by atoms with E-state index >= 15 is 0 Å². The third-order valence-electron chi connectivity index (χ3n) is 6.45. The van der Waals surface area contributed by atoms with E-state index in [1.165, 1.54) is 12.8 Å². The van der Waals surface area contributed by atoms with Crippen molar-refractivity contribution in [2.24, 2.45) is 0 Å². The zero-order valence-electron chi connectivity index (χ0n) is 21.5. The van der Waals surface area contributed by atoms with Crippen molar-refractivity contribution in [3.63, 3.8) is 0 Å². The van der Waals surface area contributed by atoms with Crippen LogP contribution in [0.1, 0.15) is 31.2 Å². The molecule has 2 aliphatic rings. The van der Waals surface area contributed by atoms with Gasteiger partial charge in [0, 0.05) is 42.8 Å². The van der Waals surface area contributed by atoms with Crippen LogP contribution in [0.15, 0.2) is 45.7 Å². The fourth-order valence-electron chi connectivity index (χ4n) is 4.68. The summed E-state index contributed by atoms with van der Waals surface area (Å²) >= 11 is 0. The Morgan fingerprint density at radius 1 is 1.21 bits per heavy atom. The van der Waals surface area contributed by atoms with Gasteiger partial charge >= 0.3 is 0 Å². The fourth-order valence-corrected chi connectivity index (χ4v) is 4.68. The Balaban J connectivity index is 0.000000163. The number of nitrogens with one attached hydrogen (secondary N) is 1. The van der Waals surface area contributed by atoms with Gasteiger partial charge in [-0.2, -0.15) is 0 Å². The summed E-state index contributed by atoms with van der Waals surface area (Å²) in [5.41, 5.74) is 3.86. The highest BCUT2D eigenvalue weighted by Gasteiger charge is 2.22. The average Bonchev–Trinajstić information content (AvgIpc) is 3.59. The molecular formula is C28H31N5O5. The molecule has 1 unspecified atom stereocenters. The Bertz CT molecular complexity index is 1500. The van der Waals surface area contributed by atoms with Gasteiger partial charge in [-0.25, -0.2) is 9.97 Å². The quantitative estimate of drug-likeness (QED) is 0.303. The molecular weight excluding hydrogens is 486 g/mol. The number of carbonyl (C=O) groups is 1. The van der Waals surface area contributed by atoms with Crippen molar-refractivity contribution in [2.45, 2.75) is 32.7 Å². The number of pyridine rings is 1. The van der Waals surface area contributed by atoms with E-state index in [2.05, 4.69) is 31.8 Å². The van der Waals surface area contributed by atoms with E-state index in [1.54, 1.807) is 12.3 Å². The number of hydrogen-bond acceptors (Lipinski definition) is 8. The molecule has 2 fully saturated rings. The van der Waals surface area contributed by atoms with Gasteiger partial charge in [-0.05, 0) is 44.9 Å². The van der Waals surface area contributed by atoms with Crippen molar-refractivity contribution in [3.8, 4) is 12.3 Å². The maximum absolute atomic E-state index is 11.7. The largest absolute Gasteiger partial charge is 0.483 e. The fraction of sp³-hybridized carbons (Fsp3) is 0.357. The minimum atomic E-state index is -0.250. The number of benzene rings is 1. The molecule has 10 nitrogen and oxygen atoms in total. The number of H-pyrrole nitrogens is 1. The summed E-state index contributed by atoms with van der Waals surface area (Å²) in [5.74, 6) is 4.28. The number of terminal acetylenes is 1. The van der Waals surface area contributed by atoms with Gasteiger partial charge in [-0.3, -0.25) is 9.59 Å². The number of aromatic nitrogens is 3. The van der Waals surface area contributed by atoms with E-state index in [1.807, 2.05) is 36.9 Å². The van der Waals surface area contributed by atoms with E-state index < -0.39 is 0 Å². The number of para-hydroxylation sites is 1. The van der Waals surface area contributed by atoms with Crippen molar-refractivity contribution in [3.05, 3.63) is 58.3 Å². The molecule has 0 aliphatic carbocycles. The van der Waals surface area contributed by atoms with E-state index in [9.17, 15) is 4.79 Å². The van der Waals surface area contributed by atoms with Crippen LogP contribution in [0.4, 0.5) is 11.5 Å². The number of anilines is 2. The molecule has 3 aromatic heterocycles. The molecule has 2 saturated heterocycles. The summed E-state index contributed by atoms with van der Waals surface area (Å²) in [6, 6.07) is 10.00. The Hall–Kier alpha value is -4.36. The van der Waals surface area contributed by atoms with Crippen molar-refractivity contribution < 1.29 is 19.1 Å². The van der Waals surface area contributed by atoms with Gasteiger partial charge in [-0.15, -0.1) is 6.42 Å². The summed E-state index contributed by atoms with van der Waals surface area (Å²) in [6.45, 7) is 7.84. The van der Waals surface area contributed by atoms with Crippen LogP contribution in [0.2, 0.25) is 0 Å². The lowest BCUT2D eigenvalue weighted by Gasteiger charge is -2.34. The standard InChI is InChI=1S/C15H15N3O.C12H14N2O2.CH2O2/c1-10-16-13-11-6-2-3-7-12(11)19-14(13)15(17-10)18-8-4-5-9-18;1-3-10-6-11(12(15)13-7-10)14-4-5-16-8-9(14)2;2-1-3/h2-3,6-7H,4-5,8-9H2,1H3;1,6-7,9H,4-5,8H2,2H3,(H,13,15);1H,(H,2,3). The highest BCUT2D eigenvalue weighted by atomic mass is 16.5. The number of carboxylic acid groups (broad SMARTS) is 1. The van der Waals surface area contributed by atoms with Crippen molar-refractivity contribution in [1.82, 2.24) is 15.0 Å². The van der Waals surface area contributed by atoms with E-state index in [-0.39, 0.29) is 18.1 Å². The predicted octanol–water partition coefficient (Wildman–Crippen LogP) is 3.57. The first-order chi connectivity index (χ1) is 18.5. The van der Waals surface area contributed by atoms with Crippen LogP contribution in [-0.2, 0) is 9.53 Å². The van der Waals surface area contributed by atoms with Gasteiger partial charge < -0.3 is 29.0 Å². The van der Waals surface area contributed by atoms with Crippen molar-refractivity contribution >= 4 is 40.0 Å². The molecule has 1 atom stereocenters. The second-order valence-corrected chi connectivity index (χ2v) is 9.03. The zero-order chi connectivity index (χ0) is 27.1. The first-order valence-electron chi connectivity index (χ1n) is 12.5. The number of aromatic amines is 1. The summed E-state index contributed by atoms with van der Waals surface area (Å²) in [5, 5.41) is 7.96. The molecule has 0 saturated carbocycles. The van der Waals surface area contributed by atoms with Crippen LogP contribution in [0, 0.1) is 19.3 Å². The summed E-state index contributed by atoms with van der Waals surface area (Å²) in [7, 11) is 0. The van der Waals surface area contributed by atoms with Crippen LogP contribution in [0.25, 0.3) is 22.1 Å². The summed E-state index contributed by atoms with van der Waals surface area (Å²) < 4.78 is 11.3. The van der Waals surface area contributed by atoms with Crippen molar-refractivity contribution in [2.75, 3.05) is 42.6 Å². The third kappa shape index (κ3) is 5.79. The average molecular weight is 518 g/mol. The van der Waals surface area contributed by atoms with Crippen LogP contribution >= 0.6 is 0 Å². The molecule has 2 N–H and O–H groups in total. The molecule has 2 aliphatic heterocycles. The smallest absolute Gasteiger partial charge is 0.290 e. The number of hydrogen-bond donors (Lipinski definition) is 2. The van der Waals surface area contributed by atoms with Crippen molar-refractivity contribution in [1.29, 1.82) is 0 Å². The van der Waals surface area contributed by atoms with Gasteiger partial charge in [0.05, 0.1) is 13.2 Å². The van der Waals surface area contributed by atoms with Gasteiger partial charge in [-0.1, -0.05) is 18.1 Å². The SMILES string of the molecule is C#Cc1c[nH]c(=O)c(N2CCOCC2C)c1.Cc1nc(N2CCCC2)c2oc3ccccc3c2n1.O=CO. The molecule has 5 heterocycles. The molecule has 4 aromatic rings. The molecule has 0 bridgehead atoms. The number of ether oxygens (including phenoxy) is 1. The maximum atomic E-state index is 11.7. The summed E-state index contributed by atoms with van der Waals surface area (Å²) in [6.07, 6.45) is 9.32. The topological polar surface area (TPSA) is 125 Å². The zero-order valence-corrected chi connectivity index (χ0v) is 21.5. The van der Waals surface area contributed by atoms with E-state index in [0.717, 1.165) is 53.3 Å². The first-order valence-corrected chi connectivity index (χ1v) is 12.5. The molecule has 10 heteroatoms. The van der Waals surface area contributed by atoms with Crippen LogP contribution in [-0.4, -0.2) is 65.4 Å². The maximum Gasteiger partial charge on any atom is 0.290 e. The second kappa shape index (κ2) is 12.3. The lowest BCUT2D eigenvalue weighted by Crippen LogP contribution is -2.45. The van der Waals surface area contributed by atoms with Crippen LogP contribution < -0.4 is 15.4 Å². The number of furan rings is 1. The molecule has 38 heavy (non-hydrogen) atoms. The molecule has 6 rings (SSSR count). The lowest BCUT2D eigenvalue weighted by molar-refractivity contribution is -0.122. The summed E-state index contributed by atoms with van der Waals surface area (Å²) in [4.78, 5) is 36.2. The first kappa shape index (κ1) is 26.7. The van der Waals surface area contributed by atoms with Gasteiger partial charge in [0.2, 0.25) is 0 Å². The second-order valence-electron chi connectivity index (χ2n) is 9.03. The molecule has 1 aromatic carbocycles. The van der Waals surface area contributed by atoms with E-state index in [0.29, 0.717) is 24.5 Å². The molecule has 0 spiro atoms. The lowest BCUT2D eigenvalue weighted by atomic mass is 10.2. The monoisotopic (exact) mass is 517 g/mol. The molecule has 0 radical (unpaired) electrons. The minimum absolute atomic E-state index is 0.104. The Morgan fingerprint density at radius 2 is 1.95 bits per heavy atom.